The predicted molar refractivity (Wildman–Crippen MR) is 145 cm³/mol. The van der Waals surface area contributed by atoms with E-state index in [1.54, 1.807) is 0 Å². The smallest absolute Gasteiger partial charge is 0.304 e. The fraction of sp³-hybridized carbons (Fsp3) is 0.767. The molecule has 1 unspecified atom stereocenters. The highest BCUT2D eigenvalue weighted by Gasteiger charge is 2.25. The van der Waals surface area contributed by atoms with Crippen molar-refractivity contribution in [2.75, 3.05) is 5.32 Å². The van der Waals surface area contributed by atoms with Crippen LogP contribution in [-0.2, 0) is 16.1 Å². The number of amides is 1. The van der Waals surface area contributed by atoms with Gasteiger partial charge in [-0.3, -0.25) is 9.59 Å². The highest BCUT2D eigenvalue weighted by atomic mass is 16.4. The summed E-state index contributed by atoms with van der Waals surface area (Å²) in [6.07, 6.45) is 25.8. The van der Waals surface area contributed by atoms with E-state index in [4.69, 9.17) is 5.11 Å². The second-order valence-electron chi connectivity index (χ2n) is 10.6. The molecule has 0 saturated carbocycles. The summed E-state index contributed by atoms with van der Waals surface area (Å²) < 4.78 is 2.15. The van der Waals surface area contributed by atoms with Crippen LogP contribution in [0, 0.1) is 11.8 Å². The standard InChI is InChI=1S/C30H52N2O3/c1-4-5-6-7-8-9-10-11-12-13-14-15-16-17-18-19-22-32-23-20-27(21-24-32)31-30(35)28(26(2)3)25-29(33)34/h20-21,23-24,26,28H,4-19,22,25H2,1-3H3,(H,33,34)/p+1. The lowest BCUT2D eigenvalue weighted by Crippen LogP contribution is -2.33. The first-order valence-electron chi connectivity index (χ1n) is 14.5. The fourth-order valence-electron chi connectivity index (χ4n) is 4.59. The van der Waals surface area contributed by atoms with Crippen LogP contribution in [0.15, 0.2) is 24.5 Å². The number of hydrogen-bond donors (Lipinski definition) is 2. The monoisotopic (exact) mass is 489 g/mol. The Balaban J connectivity index is 2.04. The van der Waals surface area contributed by atoms with Crippen LogP contribution in [0.4, 0.5) is 5.69 Å². The van der Waals surface area contributed by atoms with Gasteiger partial charge in [0, 0.05) is 18.6 Å². The molecule has 0 saturated heterocycles. The van der Waals surface area contributed by atoms with Crippen LogP contribution >= 0.6 is 0 Å². The third kappa shape index (κ3) is 16.4. The normalized spacial score (nSPS) is 12.1. The molecule has 1 heterocycles. The molecule has 1 amide bonds. The number of aryl methyl sites for hydroxylation is 1. The first kappa shape index (κ1) is 31.1. The predicted octanol–water partition coefficient (Wildman–Crippen LogP) is 7.92. The molecule has 1 aromatic heterocycles. The van der Waals surface area contributed by atoms with Gasteiger partial charge in [-0.1, -0.05) is 111 Å². The number of carbonyl (C=O) groups excluding carboxylic acids is 1. The number of nitrogens with zero attached hydrogens (tertiary/aromatic N) is 1. The first-order valence-corrected chi connectivity index (χ1v) is 14.5. The van der Waals surface area contributed by atoms with Gasteiger partial charge in [-0.05, 0) is 12.3 Å². The Morgan fingerprint density at radius 1 is 0.771 bits per heavy atom. The number of pyridine rings is 1. The molecule has 0 bridgehead atoms. The van der Waals surface area contributed by atoms with Gasteiger partial charge in [-0.25, -0.2) is 4.57 Å². The van der Waals surface area contributed by atoms with Crippen molar-refractivity contribution in [3.05, 3.63) is 24.5 Å². The Morgan fingerprint density at radius 3 is 1.60 bits per heavy atom. The Labute approximate surface area is 215 Å². The zero-order valence-corrected chi connectivity index (χ0v) is 22.9. The topological polar surface area (TPSA) is 70.3 Å². The Hall–Kier alpha value is -1.91. The molecule has 5 heteroatoms. The van der Waals surface area contributed by atoms with E-state index in [1.807, 2.05) is 38.4 Å². The average molecular weight is 490 g/mol. The molecule has 35 heavy (non-hydrogen) atoms. The molecule has 0 spiro atoms. The zero-order valence-electron chi connectivity index (χ0n) is 22.9. The summed E-state index contributed by atoms with van der Waals surface area (Å²) in [5.74, 6) is -1.71. The Morgan fingerprint density at radius 2 is 1.20 bits per heavy atom. The molecule has 0 aliphatic carbocycles. The van der Waals surface area contributed by atoms with Gasteiger partial charge in [0.2, 0.25) is 5.91 Å². The van der Waals surface area contributed by atoms with Crippen molar-refractivity contribution in [2.45, 2.75) is 136 Å². The minimum Gasteiger partial charge on any atom is -0.481 e. The number of aliphatic carboxylic acids is 1. The maximum Gasteiger partial charge on any atom is 0.304 e. The highest BCUT2D eigenvalue weighted by molar-refractivity contribution is 5.94. The van der Waals surface area contributed by atoms with Gasteiger partial charge in [0.15, 0.2) is 12.4 Å². The fourth-order valence-corrected chi connectivity index (χ4v) is 4.59. The van der Waals surface area contributed by atoms with Crippen LogP contribution in [0.5, 0.6) is 0 Å². The molecule has 1 atom stereocenters. The lowest BCUT2D eigenvalue weighted by atomic mass is 9.91. The molecule has 0 aliphatic heterocycles. The summed E-state index contributed by atoms with van der Waals surface area (Å²) in [6, 6.07) is 3.78. The molecule has 0 radical (unpaired) electrons. The molecular weight excluding hydrogens is 436 g/mol. The van der Waals surface area contributed by atoms with Crippen LogP contribution in [0.3, 0.4) is 0 Å². The molecule has 200 valence electrons. The van der Waals surface area contributed by atoms with Crippen molar-refractivity contribution in [1.82, 2.24) is 0 Å². The molecule has 2 N–H and O–H groups in total. The maximum absolute atomic E-state index is 12.4. The molecule has 0 aromatic carbocycles. The molecule has 5 nitrogen and oxygen atoms in total. The third-order valence-corrected chi connectivity index (χ3v) is 6.96. The van der Waals surface area contributed by atoms with E-state index in [0.29, 0.717) is 5.69 Å². The lowest BCUT2D eigenvalue weighted by Gasteiger charge is -2.18. The van der Waals surface area contributed by atoms with Crippen LogP contribution in [0.1, 0.15) is 130 Å². The third-order valence-electron chi connectivity index (χ3n) is 6.96. The number of anilines is 1. The van der Waals surface area contributed by atoms with Crippen molar-refractivity contribution in [2.24, 2.45) is 11.8 Å². The van der Waals surface area contributed by atoms with Gasteiger partial charge >= 0.3 is 5.97 Å². The largest absolute Gasteiger partial charge is 0.481 e. The second-order valence-corrected chi connectivity index (χ2v) is 10.6. The molecule has 0 aliphatic rings. The molecule has 1 aromatic rings. The summed E-state index contributed by atoms with van der Waals surface area (Å²) in [6.45, 7) is 7.02. The lowest BCUT2D eigenvalue weighted by molar-refractivity contribution is -0.697. The maximum atomic E-state index is 12.4. The number of aromatic nitrogens is 1. The second kappa shape index (κ2) is 20.3. The number of rotatable bonds is 22. The van der Waals surface area contributed by atoms with Gasteiger partial charge in [0.25, 0.3) is 0 Å². The van der Waals surface area contributed by atoms with E-state index in [1.165, 1.54) is 103 Å². The minimum atomic E-state index is -0.941. The van der Waals surface area contributed by atoms with Crippen LogP contribution in [0.25, 0.3) is 0 Å². The summed E-state index contributed by atoms with van der Waals surface area (Å²) in [4.78, 5) is 23.5. The van der Waals surface area contributed by atoms with Gasteiger partial charge in [-0.15, -0.1) is 0 Å². The van der Waals surface area contributed by atoms with Crippen LogP contribution in [0.2, 0.25) is 0 Å². The molecule has 0 fully saturated rings. The molecular formula is C30H53N2O3+. The highest BCUT2D eigenvalue weighted by Crippen LogP contribution is 2.18. The average Bonchev–Trinajstić information content (AvgIpc) is 2.83. The number of carboxylic acid groups (broad SMARTS) is 1. The van der Waals surface area contributed by atoms with E-state index in [9.17, 15) is 9.59 Å². The van der Waals surface area contributed by atoms with E-state index in [-0.39, 0.29) is 18.2 Å². The van der Waals surface area contributed by atoms with E-state index in [0.717, 1.165) is 6.54 Å². The van der Waals surface area contributed by atoms with Crippen molar-refractivity contribution in [1.29, 1.82) is 0 Å². The van der Waals surface area contributed by atoms with Gasteiger partial charge in [0.05, 0.1) is 18.0 Å². The van der Waals surface area contributed by atoms with Crippen molar-refractivity contribution >= 4 is 17.6 Å². The number of hydrogen-bond acceptors (Lipinski definition) is 2. The molecule has 1 rings (SSSR count). The zero-order chi connectivity index (χ0) is 25.7. The van der Waals surface area contributed by atoms with E-state index < -0.39 is 11.9 Å². The summed E-state index contributed by atoms with van der Waals surface area (Å²) in [7, 11) is 0. The number of nitrogens with one attached hydrogen (secondary N) is 1. The number of carboxylic acids is 1. The SMILES string of the molecule is CCCCCCCCCCCCCCCCCC[n+]1ccc(NC(=O)C(CC(=O)O)C(C)C)cc1. The van der Waals surface area contributed by atoms with E-state index >= 15 is 0 Å². The van der Waals surface area contributed by atoms with Crippen molar-refractivity contribution in [3.8, 4) is 0 Å². The first-order chi connectivity index (χ1) is 16.9. The van der Waals surface area contributed by atoms with Crippen molar-refractivity contribution < 1.29 is 19.3 Å². The Bertz CT molecular complexity index is 673. The van der Waals surface area contributed by atoms with Gasteiger partial charge in [-0.2, -0.15) is 0 Å². The number of carbonyl (C=O) groups is 2. The summed E-state index contributed by atoms with van der Waals surface area (Å²) in [5, 5.41) is 11.9. The Kier molecular flexibility index (Phi) is 18.0. The van der Waals surface area contributed by atoms with Crippen molar-refractivity contribution in [3.63, 3.8) is 0 Å². The quantitative estimate of drug-likeness (QED) is 0.128. The minimum absolute atomic E-state index is 0.0188. The van der Waals surface area contributed by atoms with E-state index in [2.05, 4.69) is 16.8 Å². The van der Waals surface area contributed by atoms with Crippen LogP contribution < -0.4 is 9.88 Å². The van der Waals surface area contributed by atoms with Gasteiger partial charge in [0.1, 0.15) is 6.54 Å². The van der Waals surface area contributed by atoms with Gasteiger partial charge < -0.3 is 10.4 Å². The number of unbranched alkanes of at least 4 members (excludes halogenated alkanes) is 15. The summed E-state index contributed by atoms with van der Waals surface area (Å²) in [5.41, 5.74) is 0.717. The summed E-state index contributed by atoms with van der Waals surface area (Å²) >= 11 is 0. The van der Waals surface area contributed by atoms with Crippen LogP contribution in [-0.4, -0.2) is 17.0 Å².